The lowest BCUT2D eigenvalue weighted by Gasteiger charge is -2.09. The van der Waals surface area contributed by atoms with Gasteiger partial charge in [-0.3, -0.25) is 5.32 Å². The van der Waals surface area contributed by atoms with Gasteiger partial charge in [-0.25, -0.2) is 19.4 Å². The van der Waals surface area contributed by atoms with Gasteiger partial charge in [0.15, 0.2) is 5.82 Å². The molecule has 0 aliphatic rings. The zero-order valence-corrected chi connectivity index (χ0v) is 14.9. The van der Waals surface area contributed by atoms with E-state index in [1.807, 2.05) is 54.0 Å². The molecule has 3 N–H and O–H groups in total. The number of nitrogens with zero attached hydrogens (tertiary/aromatic N) is 4. The highest BCUT2D eigenvalue weighted by Gasteiger charge is 2.05. The minimum absolute atomic E-state index is 0.280. The molecule has 0 fully saturated rings. The van der Waals surface area contributed by atoms with Crippen molar-refractivity contribution in [2.45, 2.75) is 0 Å². The molecule has 0 radical (unpaired) electrons. The van der Waals surface area contributed by atoms with Crippen LogP contribution >= 0.6 is 11.3 Å². The third kappa shape index (κ3) is 4.28. The molecular formula is C18H15N7OS. The number of hydrogen-bond acceptors (Lipinski definition) is 6. The summed E-state index contributed by atoms with van der Waals surface area (Å²) in [5, 5.41) is 15.6. The minimum Gasteiger partial charge on any atom is -0.340 e. The normalized spacial score (nSPS) is 10.4. The Morgan fingerprint density at radius 3 is 2.59 bits per heavy atom. The highest BCUT2D eigenvalue weighted by atomic mass is 32.1. The number of anilines is 4. The largest absolute Gasteiger partial charge is 0.340 e. The zero-order chi connectivity index (χ0) is 18.5. The second-order valence-corrected chi connectivity index (χ2v) is 6.42. The molecule has 27 heavy (non-hydrogen) atoms. The van der Waals surface area contributed by atoms with Crippen LogP contribution in [0.4, 0.5) is 27.0 Å². The maximum Gasteiger partial charge on any atom is 0.324 e. The highest BCUT2D eigenvalue weighted by Crippen LogP contribution is 2.19. The van der Waals surface area contributed by atoms with Crippen LogP contribution in [0.3, 0.4) is 0 Å². The first-order chi connectivity index (χ1) is 13.3. The zero-order valence-electron chi connectivity index (χ0n) is 14.0. The summed E-state index contributed by atoms with van der Waals surface area (Å²) in [7, 11) is 0. The summed E-state index contributed by atoms with van der Waals surface area (Å²) in [6.45, 7) is 0. The van der Waals surface area contributed by atoms with Crippen molar-refractivity contribution >= 4 is 39.6 Å². The summed E-state index contributed by atoms with van der Waals surface area (Å²) in [5.74, 6) is 1.31. The van der Waals surface area contributed by atoms with E-state index in [2.05, 4.69) is 31.0 Å². The number of urea groups is 1. The standard InChI is InChI=1S/C18H15N7OS/c26-18(24-17-3-1-10-27-17)23-14-6-4-13(5-7-14)22-15-11-16(20-12-19-15)25-9-2-8-21-25/h1-12H,(H,19,20,22)(H2,23,24,26). The Morgan fingerprint density at radius 2 is 1.85 bits per heavy atom. The van der Waals surface area contributed by atoms with Crippen molar-refractivity contribution in [3.63, 3.8) is 0 Å². The number of amides is 2. The van der Waals surface area contributed by atoms with Crippen LogP contribution in [0.5, 0.6) is 0 Å². The average molecular weight is 377 g/mol. The van der Waals surface area contributed by atoms with Gasteiger partial charge in [-0.15, -0.1) is 11.3 Å². The fraction of sp³-hybridized carbons (Fsp3) is 0. The van der Waals surface area contributed by atoms with Gasteiger partial charge >= 0.3 is 6.03 Å². The van der Waals surface area contributed by atoms with Gasteiger partial charge in [0.2, 0.25) is 0 Å². The van der Waals surface area contributed by atoms with Crippen molar-refractivity contribution in [2.24, 2.45) is 0 Å². The van der Waals surface area contributed by atoms with E-state index in [1.54, 1.807) is 16.9 Å². The van der Waals surface area contributed by atoms with E-state index >= 15 is 0 Å². The van der Waals surface area contributed by atoms with Crippen molar-refractivity contribution < 1.29 is 4.79 Å². The Bertz CT molecular complexity index is 1010. The summed E-state index contributed by atoms with van der Waals surface area (Å²) in [5.41, 5.74) is 1.53. The lowest BCUT2D eigenvalue weighted by Crippen LogP contribution is -2.18. The van der Waals surface area contributed by atoms with Gasteiger partial charge in [0, 0.05) is 29.8 Å². The van der Waals surface area contributed by atoms with E-state index in [0.717, 1.165) is 10.7 Å². The Balaban J connectivity index is 1.39. The number of carbonyl (C=O) groups excluding carboxylic acids is 1. The maximum absolute atomic E-state index is 11.9. The molecule has 0 saturated carbocycles. The number of hydrogen-bond donors (Lipinski definition) is 3. The predicted octanol–water partition coefficient (Wildman–Crippen LogP) is 4.11. The van der Waals surface area contributed by atoms with Crippen molar-refractivity contribution in [3.8, 4) is 5.82 Å². The van der Waals surface area contributed by atoms with Crippen LogP contribution in [0.15, 0.2) is 72.6 Å². The minimum atomic E-state index is -0.280. The number of carbonyl (C=O) groups is 1. The van der Waals surface area contributed by atoms with Crippen LogP contribution in [0, 0.1) is 0 Å². The van der Waals surface area contributed by atoms with Crippen LogP contribution in [-0.4, -0.2) is 25.8 Å². The van der Waals surface area contributed by atoms with Gasteiger partial charge in [0.25, 0.3) is 0 Å². The van der Waals surface area contributed by atoms with Gasteiger partial charge in [-0.2, -0.15) is 5.10 Å². The summed E-state index contributed by atoms with van der Waals surface area (Å²) >= 11 is 1.47. The molecule has 134 valence electrons. The molecule has 0 aliphatic carbocycles. The molecule has 2 amide bonds. The Hall–Kier alpha value is -3.72. The monoisotopic (exact) mass is 377 g/mol. The van der Waals surface area contributed by atoms with Crippen molar-refractivity contribution in [3.05, 3.63) is 72.6 Å². The molecule has 0 bridgehead atoms. The molecule has 9 heteroatoms. The SMILES string of the molecule is O=C(Nc1ccc(Nc2cc(-n3cccn3)ncn2)cc1)Nc1cccs1. The molecule has 3 heterocycles. The van der Waals surface area contributed by atoms with Gasteiger partial charge in [0.05, 0.1) is 5.00 Å². The number of benzene rings is 1. The van der Waals surface area contributed by atoms with E-state index in [0.29, 0.717) is 17.3 Å². The maximum atomic E-state index is 11.9. The molecule has 3 aromatic heterocycles. The first kappa shape index (κ1) is 16.7. The van der Waals surface area contributed by atoms with E-state index in [4.69, 9.17) is 0 Å². The Morgan fingerprint density at radius 1 is 1.00 bits per heavy atom. The predicted molar refractivity (Wildman–Crippen MR) is 106 cm³/mol. The molecule has 8 nitrogen and oxygen atoms in total. The number of aromatic nitrogens is 4. The second kappa shape index (κ2) is 7.67. The number of thiophene rings is 1. The number of nitrogens with one attached hydrogen (secondary N) is 3. The second-order valence-electron chi connectivity index (χ2n) is 5.47. The number of rotatable bonds is 5. The van der Waals surface area contributed by atoms with E-state index < -0.39 is 0 Å². The Labute approximate surface area is 158 Å². The first-order valence-electron chi connectivity index (χ1n) is 8.07. The van der Waals surface area contributed by atoms with Crippen LogP contribution in [0.25, 0.3) is 5.82 Å². The van der Waals surface area contributed by atoms with Crippen LogP contribution < -0.4 is 16.0 Å². The quantitative estimate of drug-likeness (QED) is 0.486. The van der Waals surface area contributed by atoms with Gasteiger partial charge in [-0.05, 0) is 47.8 Å². The van der Waals surface area contributed by atoms with Crippen molar-refractivity contribution in [1.29, 1.82) is 0 Å². The summed E-state index contributed by atoms with van der Waals surface area (Å²) in [6, 6.07) is 14.4. The van der Waals surface area contributed by atoms with E-state index in [-0.39, 0.29) is 6.03 Å². The smallest absolute Gasteiger partial charge is 0.324 e. The van der Waals surface area contributed by atoms with Crippen molar-refractivity contribution in [1.82, 2.24) is 19.7 Å². The first-order valence-corrected chi connectivity index (χ1v) is 8.95. The Kier molecular flexibility index (Phi) is 4.75. The van der Waals surface area contributed by atoms with Gasteiger partial charge in [-0.1, -0.05) is 0 Å². The topological polar surface area (TPSA) is 96.8 Å². The molecule has 0 unspecified atom stereocenters. The molecule has 0 atom stereocenters. The molecule has 0 aliphatic heterocycles. The fourth-order valence-electron chi connectivity index (χ4n) is 2.35. The third-order valence-corrected chi connectivity index (χ3v) is 4.35. The third-order valence-electron chi connectivity index (χ3n) is 3.56. The lowest BCUT2D eigenvalue weighted by molar-refractivity contribution is 0.262. The summed E-state index contributed by atoms with van der Waals surface area (Å²) in [6.07, 6.45) is 4.98. The van der Waals surface area contributed by atoms with Gasteiger partial charge in [0.1, 0.15) is 12.1 Å². The van der Waals surface area contributed by atoms with E-state index in [9.17, 15) is 4.79 Å². The molecule has 4 rings (SSSR count). The molecule has 4 aromatic rings. The molecule has 0 spiro atoms. The van der Waals surface area contributed by atoms with E-state index in [1.165, 1.54) is 17.7 Å². The molecular weight excluding hydrogens is 362 g/mol. The fourth-order valence-corrected chi connectivity index (χ4v) is 2.97. The highest BCUT2D eigenvalue weighted by molar-refractivity contribution is 7.14. The van der Waals surface area contributed by atoms with Crippen LogP contribution in [0.2, 0.25) is 0 Å². The average Bonchev–Trinajstić information content (AvgIpc) is 3.37. The van der Waals surface area contributed by atoms with Crippen LogP contribution in [0.1, 0.15) is 0 Å². The van der Waals surface area contributed by atoms with Crippen molar-refractivity contribution in [2.75, 3.05) is 16.0 Å². The van der Waals surface area contributed by atoms with Gasteiger partial charge < -0.3 is 10.6 Å². The summed E-state index contributed by atoms with van der Waals surface area (Å²) in [4.78, 5) is 20.4. The molecule has 1 aromatic carbocycles. The summed E-state index contributed by atoms with van der Waals surface area (Å²) < 4.78 is 1.66. The molecule has 0 saturated heterocycles. The lowest BCUT2D eigenvalue weighted by atomic mass is 10.3. The van der Waals surface area contributed by atoms with Crippen LogP contribution in [-0.2, 0) is 0 Å².